The Hall–Kier alpha value is -7.16. The zero-order chi connectivity index (χ0) is 52.0. The van der Waals surface area contributed by atoms with Gasteiger partial charge in [0.25, 0.3) is 0 Å². The summed E-state index contributed by atoms with van der Waals surface area (Å²) in [6.07, 6.45) is 16.0. The normalized spacial score (nSPS) is 17.8. The van der Waals surface area contributed by atoms with Crippen LogP contribution >= 0.6 is 0 Å². The number of nitrogens with zero attached hydrogens (tertiary/aromatic N) is 2. The molecule has 2 nitrogen and oxygen atoms in total. The molecule has 0 saturated heterocycles. The molecular weight excluding hydrogens is 893 g/mol. The van der Waals surface area contributed by atoms with Crippen LogP contribution in [0.25, 0.3) is 38.2 Å². The van der Waals surface area contributed by atoms with Crippen LogP contribution in [-0.4, -0.2) is 7.05 Å². The minimum Gasteiger partial charge on any atom is -0.345 e. The van der Waals surface area contributed by atoms with E-state index in [9.17, 15) is 0 Å². The van der Waals surface area contributed by atoms with Crippen LogP contribution in [0.15, 0.2) is 200 Å². The van der Waals surface area contributed by atoms with Crippen molar-refractivity contribution in [3.8, 4) is 11.1 Å². The molecule has 1 atom stereocenters. The topological polar surface area (TPSA) is 6.48 Å². The van der Waals surface area contributed by atoms with Gasteiger partial charge in [-0.25, -0.2) is 0 Å². The summed E-state index contributed by atoms with van der Waals surface area (Å²) in [7, 11) is 2.30. The van der Waals surface area contributed by atoms with Crippen molar-refractivity contribution in [1.29, 1.82) is 0 Å². The van der Waals surface area contributed by atoms with Gasteiger partial charge < -0.3 is 9.80 Å². The van der Waals surface area contributed by atoms with E-state index in [0.717, 1.165) is 48.3 Å². The van der Waals surface area contributed by atoms with Crippen LogP contribution in [0, 0.1) is 10.8 Å². The molecule has 3 aliphatic rings. The van der Waals surface area contributed by atoms with Gasteiger partial charge in [-0.05, 0) is 179 Å². The molecule has 1 unspecified atom stereocenters. The van der Waals surface area contributed by atoms with E-state index in [1.165, 1.54) is 88.6 Å². The van der Waals surface area contributed by atoms with Crippen molar-refractivity contribution in [3.05, 3.63) is 245 Å². The molecule has 0 heterocycles. The van der Waals surface area contributed by atoms with E-state index in [4.69, 9.17) is 6.58 Å². The molecule has 372 valence electrons. The lowest BCUT2D eigenvalue weighted by Gasteiger charge is -2.42. The Morgan fingerprint density at radius 3 is 1.64 bits per heavy atom. The summed E-state index contributed by atoms with van der Waals surface area (Å²) in [6.45, 7) is 28.3. The zero-order valence-corrected chi connectivity index (χ0v) is 45.8. The Morgan fingerprint density at radius 1 is 0.541 bits per heavy atom. The SMILES string of the molecule is C=C1/C=C\CCCc2c(N(C)C3=CCC(C)(C(C)(C)C)C=C3)cc3c(c21)-c1c(c2ccc(N(c4ccc(C(C)(C)C)cc4)c4ccc(C(C)(C)C)cc4)cc2c2ccccc12)C3(c1ccccc1)c1ccccc1. The standard InChI is InChI=1S/C72H74N2/c1-48-24-16-13-21-31-60-63(73(12)53-42-44-71(11,45-43-53)70(8,9)10)47-62-66(64(48)60)65-58-30-23-22-29-57(58)61-46-56(40-41-59(61)67(65)72(62,51-25-17-14-18-26-51)52-27-19-15-20-28-52)74(54-36-32-49(33-37-54)68(2,3)4)55-38-34-50(35-39-55)69(5,6)7/h14-20,22-30,32-44,46-47H,1,13,21,31,45H2,2-12H3/b24-16-. The van der Waals surface area contributed by atoms with Crippen LogP contribution in [0.5, 0.6) is 0 Å². The van der Waals surface area contributed by atoms with Crippen LogP contribution in [0.4, 0.5) is 22.7 Å². The average Bonchev–Trinajstić information content (AvgIpc) is 3.69. The minimum atomic E-state index is -0.694. The number of hydrogen-bond acceptors (Lipinski definition) is 2. The highest BCUT2D eigenvalue weighted by molar-refractivity contribution is 6.21. The molecule has 0 radical (unpaired) electrons. The van der Waals surface area contributed by atoms with E-state index < -0.39 is 5.41 Å². The highest BCUT2D eigenvalue weighted by Crippen LogP contribution is 2.63. The average molecular weight is 967 g/mol. The molecule has 0 N–H and O–H groups in total. The largest absolute Gasteiger partial charge is 0.345 e. The molecule has 0 fully saturated rings. The molecule has 3 aliphatic carbocycles. The Bertz CT molecular complexity index is 3470. The maximum atomic E-state index is 4.99. The molecule has 11 rings (SSSR count). The van der Waals surface area contributed by atoms with E-state index >= 15 is 0 Å². The van der Waals surface area contributed by atoms with Gasteiger partial charge >= 0.3 is 0 Å². The molecule has 74 heavy (non-hydrogen) atoms. The second-order valence-corrected chi connectivity index (χ2v) is 24.8. The van der Waals surface area contributed by atoms with Gasteiger partial charge in [0.1, 0.15) is 0 Å². The molecule has 0 aliphatic heterocycles. The fraction of sp³-hybridized carbons (Fsp3) is 0.278. The third-order valence-corrected chi connectivity index (χ3v) is 17.4. The summed E-state index contributed by atoms with van der Waals surface area (Å²) in [5.41, 5.74) is 19.6. The Balaban J connectivity index is 1.24. The van der Waals surface area contributed by atoms with Gasteiger partial charge in [-0.2, -0.15) is 0 Å². The van der Waals surface area contributed by atoms with Crippen LogP contribution in [-0.2, 0) is 22.7 Å². The minimum absolute atomic E-state index is 0.0381. The number of likely N-dealkylation sites (N-methyl/N-ethyl adjacent to an activating group) is 1. The molecule has 2 heteroatoms. The van der Waals surface area contributed by atoms with Crippen molar-refractivity contribution in [2.24, 2.45) is 10.8 Å². The van der Waals surface area contributed by atoms with Gasteiger partial charge in [0.15, 0.2) is 0 Å². The predicted molar refractivity (Wildman–Crippen MR) is 320 cm³/mol. The Morgan fingerprint density at radius 2 is 1.09 bits per heavy atom. The van der Waals surface area contributed by atoms with E-state index in [-0.39, 0.29) is 21.7 Å². The van der Waals surface area contributed by atoms with Crippen LogP contribution in [0.1, 0.15) is 133 Å². The third-order valence-electron chi connectivity index (χ3n) is 17.4. The Kier molecular flexibility index (Phi) is 12.0. The maximum absolute atomic E-state index is 4.99. The molecule has 0 bridgehead atoms. The summed E-state index contributed by atoms with van der Waals surface area (Å²) in [5, 5.41) is 5.01. The first-order valence-electron chi connectivity index (χ1n) is 27.1. The maximum Gasteiger partial charge on any atom is 0.0720 e. The fourth-order valence-electron chi connectivity index (χ4n) is 12.5. The molecule has 8 aromatic rings. The number of hydrogen-bond donors (Lipinski definition) is 0. The molecule has 8 aromatic carbocycles. The summed E-state index contributed by atoms with van der Waals surface area (Å²) >= 11 is 0. The smallest absolute Gasteiger partial charge is 0.0720 e. The number of allylic oxidation sites excluding steroid dienone is 6. The first kappa shape index (κ1) is 49.1. The summed E-state index contributed by atoms with van der Waals surface area (Å²) < 4.78 is 0. The van der Waals surface area contributed by atoms with E-state index in [2.05, 4.69) is 274 Å². The fourth-order valence-corrected chi connectivity index (χ4v) is 12.5. The summed E-state index contributed by atoms with van der Waals surface area (Å²) in [4.78, 5) is 4.95. The lowest BCUT2D eigenvalue weighted by molar-refractivity contribution is 0.169. The van der Waals surface area contributed by atoms with Gasteiger partial charge in [0.2, 0.25) is 0 Å². The van der Waals surface area contributed by atoms with Gasteiger partial charge in [-0.3, -0.25) is 0 Å². The lowest BCUT2D eigenvalue weighted by Crippen LogP contribution is -2.33. The highest BCUT2D eigenvalue weighted by atomic mass is 15.1. The number of benzene rings is 8. The third kappa shape index (κ3) is 7.99. The van der Waals surface area contributed by atoms with Crippen LogP contribution in [0.2, 0.25) is 0 Å². The highest BCUT2D eigenvalue weighted by Gasteiger charge is 2.50. The molecule has 0 saturated carbocycles. The van der Waals surface area contributed by atoms with E-state index in [1.54, 1.807) is 0 Å². The van der Waals surface area contributed by atoms with Gasteiger partial charge in [-0.1, -0.05) is 215 Å². The first-order chi connectivity index (χ1) is 35.3. The van der Waals surface area contributed by atoms with Gasteiger partial charge in [0.05, 0.1) is 5.41 Å². The van der Waals surface area contributed by atoms with E-state index in [1.807, 2.05) is 0 Å². The predicted octanol–water partition coefficient (Wildman–Crippen LogP) is 19.7. The summed E-state index contributed by atoms with van der Waals surface area (Å²) in [5.74, 6) is 0. The van der Waals surface area contributed by atoms with Crippen molar-refractivity contribution < 1.29 is 0 Å². The monoisotopic (exact) mass is 967 g/mol. The van der Waals surface area contributed by atoms with Crippen molar-refractivity contribution in [2.45, 2.75) is 111 Å². The van der Waals surface area contributed by atoms with Crippen molar-refractivity contribution >= 4 is 49.9 Å². The lowest BCUT2D eigenvalue weighted by atomic mass is 9.64. The Labute approximate surface area is 442 Å². The second kappa shape index (κ2) is 18.0. The van der Waals surface area contributed by atoms with E-state index in [0.29, 0.717) is 0 Å². The van der Waals surface area contributed by atoms with Crippen molar-refractivity contribution in [2.75, 3.05) is 16.8 Å². The first-order valence-corrected chi connectivity index (χ1v) is 27.1. The molecule has 0 amide bonds. The molecule has 0 spiro atoms. The van der Waals surface area contributed by atoms with Gasteiger partial charge in [0, 0.05) is 35.5 Å². The van der Waals surface area contributed by atoms with Crippen molar-refractivity contribution in [3.63, 3.8) is 0 Å². The van der Waals surface area contributed by atoms with Crippen LogP contribution < -0.4 is 9.80 Å². The molecular formula is C72H74N2. The molecule has 0 aromatic heterocycles. The van der Waals surface area contributed by atoms with Crippen molar-refractivity contribution in [1.82, 2.24) is 0 Å². The second-order valence-electron chi connectivity index (χ2n) is 24.8. The van der Waals surface area contributed by atoms with Crippen LogP contribution in [0.3, 0.4) is 0 Å². The van der Waals surface area contributed by atoms with Gasteiger partial charge in [-0.15, -0.1) is 0 Å². The zero-order valence-electron chi connectivity index (χ0n) is 45.8. The number of rotatable bonds is 7. The number of fused-ring (bicyclic) bond motifs is 10. The summed E-state index contributed by atoms with van der Waals surface area (Å²) in [6, 6.07) is 60.4. The quantitative estimate of drug-likeness (QED) is 0.147. The number of anilines is 4.